The Morgan fingerprint density at radius 1 is 1.14 bits per heavy atom. The molecule has 6 heteroatoms. The maximum atomic E-state index is 13.0. The van der Waals surface area contributed by atoms with E-state index in [0.29, 0.717) is 6.54 Å². The van der Waals surface area contributed by atoms with Gasteiger partial charge in [0.25, 0.3) is 0 Å². The van der Waals surface area contributed by atoms with E-state index in [1.807, 2.05) is 16.0 Å². The molecule has 1 N–H and O–H groups in total. The number of carbonyl (C=O) groups is 1. The lowest BCUT2D eigenvalue weighted by Crippen LogP contribution is -2.24. The number of aromatic nitrogens is 2. The topological polar surface area (TPSA) is 46.4 Å². The number of amides is 1. The summed E-state index contributed by atoms with van der Waals surface area (Å²) in [6.45, 7) is 4.56. The number of nitrogens with zero attached hydrogens (tertiary/aromatic N) is 2. The minimum atomic E-state index is -0.282. The molecular formula is C22H20FN3OS. The lowest BCUT2D eigenvalue weighted by Gasteiger charge is -2.05. The molecule has 2 aromatic carbocycles. The second-order valence-electron chi connectivity index (χ2n) is 6.88. The zero-order valence-electron chi connectivity index (χ0n) is 15.7. The summed E-state index contributed by atoms with van der Waals surface area (Å²) in [5, 5.41) is 4.85. The molecule has 4 nitrogen and oxygen atoms in total. The van der Waals surface area contributed by atoms with Crippen LogP contribution >= 0.6 is 11.3 Å². The number of nitrogens with one attached hydrogen (secondary N) is 1. The van der Waals surface area contributed by atoms with Crippen LogP contribution in [0, 0.1) is 19.7 Å². The van der Waals surface area contributed by atoms with Crippen molar-refractivity contribution in [3.8, 4) is 11.3 Å². The highest BCUT2D eigenvalue weighted by Gasteiger charge is 2.13. The molecule has 0 aliphatic heterocycles. The second kappa shape index (κ2) is 7.56. The minimum absolute atomic E-state index is 0.0783. The first-order chi connectivity index (χ1) is 13.5. The second-order valence-corrected chi connectivity index (χ2v) is 7.72. The van der Waals surface area contributed by atoms with Crippen LogP contribution in [0.2, 0.25) is 0 Å². The average Bonchev–Trinajstić information content (AvgIpc) is 3.25. The van der Waals surface area contributed by atoms with E-state index in [2.05, 4.69) is 37.4 Å². The summed E-state index contributed by atoms with van der Waals surface area (Å²) < 4.78 is 14.9. The van der Waals surface area contributed by atoms with E-state index in [9.17, 15) is 9.18 Å². The van der Waals surface area contributed by atoms with Crippen LogP contribution in [-0.4, -0.2) is 15.3 Å². The summed E-state index contributed by atoms with van der Waals surface area (Å²) in [7, 11) is 0. The van der Waals surface area contributed by atoms with E-state index in [1.54, 1.807) is 12.1 Å². The molecule has 0 unspecified atom stereocenters. The monoisotopic (exact) mass is 393 g/mol. The van der Waals surface area contributed by atoms with Crippen LogP contribution in [0.15, 0.2) is 54.0 Å². The van der Waals surface area contributed by atoms with Crippen molar-refractivity contribution >= 4 is 22.2 Å². The molecule has 0 bridgehead atoms. The van der Waals surface area contributed by atoms with Gasteiger partial charge in [0.2, 0.25) is 5.91 Å². The highest BCUT2D eigenvalue weighted by molar-refractivity contribution is 7.15. The van der Waals surface area contributed by atoms with Gasteiger partial charge >= 0.3 is 0 Å². The van der Waals surface area contributed by atoms with Crippen molar-refractivity contribution in [2.24, 2.45) is 0 Å². The number of hydrogen-bond acceptors (Lipinski definition) is 3. The Balaban J connectivity index is 1.48. The predicted octanol–water partition coefficient (Wildman–Crippen LogP) is 4.68. The summed E-state index contributed by atoms with van der Waals surface area (Å²) in [6, 6.07) is 12.4. The third kappa shape index (κ3) is 3.82. The molecule has 0 saturated carbocycles. The van der Waals surface area contributed by atoms with Crippen LogP contribution in [0.1, 0.15) is 22.4 Å². The number of halogens is 1. The quantitative estimate of drug-likeness (QED) is 0.535. The molecular weight excluding hydrogens is 373 g/mol. The first-order valence-electron chi connectivity index (χ1n) is 9.04. The van der Waals surface area contributed by atoms with Gasteiger partial charge in [-0.1, -0.05) is 24.3 Å². The molecule has 0 aliphatic rings. The number of hydrogen-bond donors (Lipinski definition) is 1. The summed E-state index contributed by atoms with van der Waals surface area (Å²) in [5.41, 5.74) is 6.23. The van der Waals surface area contributed by atoms with Gasteiger partial charge in [0, 0.05) is 29.4 Å². The van der Waals surface area contributed by atoms with Crippen molar-refractivity contribution in [3.05, 3.63) is 82.2 Å². The third-order valence-corrected chi connectivity index (χ3v) is 5.72. The summed E-state index contributed by atoms with van der Waals surface area (Å²) in [6.07, 6.45) is 2.25. The minimum Gasteiger partial charge on any atom is -0.352 e. The fourth-order valence-corrected chi connectivity index (χ4v) is 3.90. The zero-order valence-corrected chi connectivity index (χ0v) is 16.5. The fraction of sp³-hybridized carbons (Fsp3) is 0.182. The summed E-state index contributed by atoms with van der Waals surface area (Å²) in [4.78, 5) is 17.9. The predicted molar refractivity (Wildman–Crippen MR) is 110 cm³/mol. The van der Waals surface area contributed by atoms with E-state index in [4.69, 9.17) is 4.98 Å². The highest BCUT2D eigenvalue weighted by atomic mass is 32.1. The maximum Gasteiger partial charge on any atom is 0.226 e. The third-order valence-electron chi connectivity index (χ3n) is 4.83. The number of carbonyl (C=O) groups excluding carboxylic acids is 1. The van der Waals surface area contributed by atoms with Gasteiger partial charge in [-0.05, 0) is 48.7 Å². The van der Waals surface area contributed by atoms with Crippen LogP contribution in [-0.2, 0) is 17.8 Å². The maximum absolute atomic E-state index is 13.0. The summed E-state index contributed by atoms with van der Waals surface area (Å²) >= 11 is 1.53. The molecule has 2 heterocycles. The Morgan fingerprint density at radius 2 is 1.93 bits per heavy atom. The number of imidazole rings is 1. The molecule has 0 aliphatic carbocycles. The number of thiazole rings is 1. The fourth-order valence-electron chi connectivity index (χ4n) is 3.03. The van der Waals surface area contributed by atoms with Gasteiger partial charge in [0.05, 0.1) is 12.1 Å². The Hall–Kier alpha value is -2.99. The molecule has 4 rings (SSSR count). The van der Waals surface area contributed by atoms with E-state index in [1.165, 1.54) is 34.6 Å². The average molecular weight is 393 g/mol. The van der Waals surface area contributed by atoms with Crippen LogP contribution in [0.5, 0.6) is 0 Å². The number of rotatable bonds is 5. The molecule has 2 aromatic heterocycles. The van der Waals surface area contributed by atoms with Crippen molar-refractivity contribution in [2.45, 2.75) is 26.8 Å². The molecule has 142 valence electrons. The van der Waals surface area contributed by atoms with Gasteiger partial charge in [-0.3, -0.25) is 9.20 Å². The standard InChI is InChI=1S/C22H20FN3OS/c1-14-3-6-17(9-15(14)2)20-12-26-19(13-28-22(26)25-20)10-21(27)24-11-16-4-7-18(23)8-5-16/h3-9,12-13H,10-11H2,1-2H3,(H,24,27). The molecule has 0 fully saturated rings. The Morgan fingerprint density at radius 3 is 2.68 bits per heavy atom. The Bertz CT molecular complexity index is 1140. The van der Waals surface area contributed by atoms with Crippen molar-refractivity contribution in [3.63, 3.8) is 0 Å². The van der Waals surface area contributed by atoms with Crippen molar-refractivity contribution in [2.75, 3.05) is 0 Å². The van der Waals surface area contributed by atoms with Gasteiger partial charge in [-0.15, -0.1) is 11.3 Å². The molecule has 0 spiro atoms. The van der Waals surface area contributed by atoms with Gasteiger partial charge in [-0.25, -0.2) is 9.37 Å². The van der Waals surface area contributed by atoms with E-state index >= 15 is 0 Å². The molecule has 0 atom stereocenters. The largest absolute Gasteiger partial charge is 0.352 e. The highest BCUT2D eigenvalue weighted by Crippen LogP contribution is 2.25. The first-order valence-corrected chi connectivity index (χ1v) is 9.92. The molecule has 0 radical (unpaired) electrons. The van der Waals surface area contributed by atoms with Crippen LogP contribution in [0.25, 0.3) is 16.2 Å². The van der Waals surface area contributed by atoms with Gasteiger partial charge in [0.1, 0.15) is 5.82 Å². The molecule has 1 amide bonds. The van der Waals surface area contributed by atoms with Crippen LogP contribution in [0.4, 0.5) is 4.39 Å². The van der Waals surface area contributed by atoms with Crippen molar-refractivity contribution in [1.29, 1.82) is 0 Å². The normalized spacial score (nSPS) is 11.1. The molecule has 4 aromatic rings. The van der Waals surface area contributed by atoms with Crippen molar-refractivity contribution < 1.29 is 9.18 Å². The van der Waals surface area contributed by atoms with Gasteiger partial charge in [-0.2, -0.15) is 0 Å². The smallest absolute Gasteiger partial charge is 0.226 e. The van der Waals surface area contributed by atoms with Crippen molar-refractivity contribution in [1.82, 2.24) is 14.7 Å². The molecule has 0 saturated heterocycles. The van der Waals surface area contributed by atoms with Crippen LogP contribution in [0.3, 0.4) is 0 Å². The SMILES string of the molecule is Cc1ccc(-c2cn3c(CC(=O)NCc4ccc(F)cc4)csc3n2)cc1C. The Labute approximate surface area is 166 Å². The molecule has 28 heavy (non-hydrogen) atoms. The van der Waals surface area contributed by atoms with E-state index in [-0.39, 0.29) is 18.1 Å². The van der Waals surface area contributed by atoms with E-state index < -0.39 is 0 Å². The number of aryl methyl sites for hydroxylation is 2. The van der Waals surface area contributed by atoms with Crippen LogP contribution < -0.4 is 5.32 Å². The number of fused-ring (bicyclic) bond motifs is 1. The van der Waals surface area contributed by atoms with Gasteiger partial charge < -0.3 is 5.32 Å². The summed E-state index contributed by atoms with van der Waals surface area (Å²) in [5.74, 6) is -0.360. The first kappa shape index (κ1) is 18.4. The van der Waals surface area contributed by atoms with E-state index in [0.717, 1.165) is 27.5 Å². The zero-order chi connectivity index (χ0) is 19.7. The lowest BCUT2D eigenvalue weighted by molar-refractivity contribution is -0.120. The lowest BCUT2D eigenvalue weighted by atomic mass is 10.0. The number of benzene rings is 2. The van der Waals surface area contributed by atoms with Gasteiger partial charge in [0.15, 0.2) is 4.96 Å². The Kier molecular flexibility index (Phi) is 4.96.